The highest BCUT2D eigenvalue weighted by Crippen LogP contribution is 2.49. The molecule has 0 heterocycles. The van der Waals surface area contributed by atoms with Gasteiger partial charge in [0.05, 0.1) is 11.6 Å². The quantitative estimate of drug-likeness (QED) is 0.791. The summed E-state index contributed by atoms with van der Waals surface area (Å²) in [5, 5.41) is 3.24. The standard InChI is InChI=1S/C16H30N2O2.ClH/c1-4-15(5-2)12(11-13(15)20-6-3)18-14(19)16(17)9-7-8-10-16;/h12-13H,4-11,17H2,1-3H3,(H,18,19);1H. The van der Waals surface area contributed by atoms with Crippen LogP contribution in [0, 0.1) is 5.41 Å². The lowest BCUT2D eigenvalue weighted by Gasteiger charge is -2.55. The fraction of sp³-hybridized carbons (Fsp3) is 0.938. The monoisotopic (exact) mass is 318 g/mol. The van der Waals surface area contributed by atoms with Gasteiger partial charge in [-0.3, -0.25) is 4.79 Å². The first-order valence-corrected chi connectivity index (χ1v) is 8.24. The number of amides is 1. The maximum absolute atomic E-state index is 12.5. The van der Waals surface area contributed by atoms with E-state index in [1.54, 1.807) is 0 Å². The van der Waals surface area contributed by atoms with Gasteiger partial charge in [-0.1, -0.05) is 26.7 Å². The van der Waals surface area contributed by atoms with Gasteiger partial charge in [0.2, 0.25) is 5.91 Å². The van der Waals surface area contributed by atoms with Crippen LogP contribution < -0.4 is 11.1 Å². The molecule has 3 N–H and O–H groups in total. The van der Waals surface area contributed by atoms with Crippen molar-refractivity contribution in [3.05, 3.63) is 0 Å². The van der Waals surface area contributed by atoms with E-state index >= 15 is 0 Å². The van der Waals surface area contributed by atoms with Crippen molar-refractivity contribution in [1.82, 2.24) is 5.32 Å². The first-order valence-electron chi connectivity index (χ1n) is 8.24. The molecule has 4 nitrogen and oxygen atoms in total. The van der Waals surface area contributed by atoms with Crippen LogP contribution in [0.1, 0.15) is 65.7 Å². The SMILES string of the molecule is CCOC1CC(NC(=O)C2(N)CCCC2)C1(CC)CC.Cl. The first-order chi connectivity index (χ1) is 9.52. The Morgan fingerprint density at radius 2 is 1.81 bits per heavy atom. The Kier molecular flexibility index (Phi) is 6.51. The molecule has 21 heavy (non-hydrogen) atoms. The van der Waals surface area contributed by atoms with Crippen molar-refractivity contribution in [2.24, 2.45) is 11.1 Å². The molecule has 5 heteroatoms. The third-order valence-electron chi connectivity index (χ3n) is 5.72. The van der Waals surface area contributed by atoms with Crippen LogP contribution in [0.5, 0.6) is 0 Å². The number of hydrogen-bond acceptors (Lipinski definition) is 3. The fourth-order valence-corrected chi connectivity index (χ4v) is 4.12. The van der Waals surface area contributed by atoms with E-state index in [9.17, 15) is 4.79 Å². The summed E-state index contributed by atoms with van der Waals surface area (Å²) in [5.74, 6) is 0.0567. The van der Waals surface area contributed by atoms with Gasteiger partial charge in [0.1, 0.15) is 0 Å². The molecule has 0 aromatic carbocycles. The van der Waals surface area contributed by atoms with Crippen molar-refractivity contribution in [3.8, 4) is 0 Å². The first kappa shape index (κ1) is 18.7. The third-order valence-corrected chi connectivity index (χ3v) is 5.72. The van der Waals surface area contributed by atoms with Gasteiger partial charge in [-0.15, -0.1) is 12.4 Å². The van der Waals surface area contributed by atoms with Gasteiger partial charge in [-0.25, -0.2) is 0 Å². The van der Waals surface area contributed by atoms with Crippen molar-refractivity contribution in [3.63, 3.8) is 0 Å². The lowest BCUT2D eigenvalue weighted by molar-refractivity contribution is -0.151. The number of nitrogens with two attached hydrogens (primary N) is 1. The van der Waals surface area contributed by atoms with E-state index in [2.05, 4.69) is 19.2 Å². The molecule has 2 atom stereocenters. The van der Waals surface area contributed by atoms with Crippen LogP contribution in [-0.4, -0.2) is 30.2 Å². The lowest BCUT2D eigenvalue weighted by atomic mass is 9.58. The predicted octanol–water partition coefficient (Wildman–Crippen LogP) is 2.78. The molecule has 0 bridgehead atoms. The fourth-order valence-electron chi connectivity index (χ4n) is 4.12. The minimum Gasteiger partial charge on any atom is -0.378 e. The maximum Gasteiger partial charge on any atom is 0.240 e. The van der Waals surface area contributed by atoms with E-state index in [-0.39, 0.29) is 35.9 Å². The molecule has 0 spiro atoms. The second-order valence-corrected chi connectivity index (χ2v) is 6.51. The van der Waals surface area contributed by atoms with Crippen molar-refractivity contribution in [2.75, 3.05) is 6.61 Å². The lowest BCUT2D eigenvalue weighted by Crippen LogP contribution is -2.67. The Labute approximate surface area is 135 Å². The summed E-state index contributed by atoms with van der Waals surface area (Å²) in [4.78, 5) is 12.5. The summed E-state index contributed by atoms with van der Waals surface area (Å²) < 4.78 is 5.86. The Bertz CT molecular complexity index is 352. The van der Waals surface area contributed by atoms with Crippen LogP contribution in [0.4, 0.5) is 0 Å². The van der Waals surface area contributed by atoms with Crippen LogP contribution in [-0.2, 0) is 9.53 Å². The molecule has 2 rings (SSSR count). The smallest absolute Gasteiger partial charge is 0.240 e. The Hall–Kier alpha value is -0.320. The topological polar surface area (TPSA) is 64.3 Å². The van der Waals surface area contributed by atoms with Crippen molar-refractivity contribution >= 4 is 18.3 Å². The van der Waals surface area contributed by atoms with Gasteiger partial charge in [-0.05, 0) is 39.0 Å². The third kappa shape index (κ3) is 3.22. The maximum atomic E-state index is 12.5. The van der Waals surface area contributed by atoms with Crippen LogP contribution in [0.2, 0.25) is 0 Å². The van der Waals surface area contributed by atoms with Gasteiger partial charge in [0, 0.05) is 18.1 Å². The molecule has 0 radical (unpaired) electrons. The summed E-state index contributed by atoms with van der Waals surface area (Å²) >= 11 is 0. The van der Waals surface area contributed by atoms with E-state index in [0.29, 0.717) is 0 Å². The molecule has 0 aromatic heterocycles. The number of halogens is 1. The predicted molar refractivity (Wildman–Crippen MR) is 87.6 cm³/mol. The van der Waals surface area contributed by atoms with Gasteiger partial charge in [0.25, 0.3) is 0 Å². The zero-order valence-electron chi connectivity index (χ0n) is 13.6. The zero-order valence-corrected chi connectivity index (χ0v) is 14.4. The number of carbonyl (C=O) groups excluding carboxylic acids is 1. The molecular weight excluding hydrogens is 288 g/mol. The number of ether oxygens (including phenoxy) is 1. The minimum absolute atomic E-state index is 0. The largest absolute Gasteiger partial charge is 0.378 e. The summed E-state index contributed by atoms with van der Waals surface area (Å²) in [5.41, 5.74) is 5.73. The molecule has 2 aliphatic rings. The molecule has 124 valence electrons. The Morgan fingerprint density at radius 3 is 2.29 bits per heavy atom. The van der Waals surface area contributed by atoms with Crippen molar-refractivity contribution < 1.29 is 9.53 Å². The molecule has 2 aliphatic carbocycles. The molecule has 2 unspecified atom stereocenters. The molecule has 2 fully saturated rings. The number of hydrogen-bond donors (Lipinski definition) is 2. The summed E-state index contributed by atoms with van der Waals surface area (Å²) in [6.45, 7) is 7.17. The van der Waals surface area contributed by atoms with E-state index in [4.69, 9.17) is 10.5 Å². The van der Waals surface area contributed by atoms with Crippen molar-refractivity contribution in [1.29, 1.82) is 0 Å². The van der Waals surface area contributed by atoms with Gasteiger partial charge in [-0.2, -0.15) is 0 Å². The molecule has 0 saturated heterocycles. The zero-order chi connectivity index (χ0) is 14.8. The molecule has 2 saturated carbocycles. The molecule has 0 aromatic rings. The summed E-state index contributed by atoms with van der Waals surface area (Å²) in [6.07, 6.45) is 7.08. The highest BCUT2D eigenvalue weighted by Gasteiger charge is 2.54. The van der Waals surface area contributed by atoms with E-state index in [0.717, 1.165) is 51.6 Å². The van der Waals surface area contributed by atoms with Crippen LogP contribution in [0.15, 0.2) is 0 Å². The van der Waals surface area contributed by atoms with E-state index < -0.39 is 5.54 Å². The van der Waals surface area contributed by atoms with E-state index in [1.165, 1.54) is 0 Å². The highest BCUT2D eigenvalue weighted by molar-refractivity contribution is 5.86. The van der Waals surface area contributed by atoms with Crippen LogP contribution >= 0.6 is 12.4 Å². The average molecular weight is 319 g/mol. The highest BCUT2D eigenvalue weighted by atomic mass is 35.5. The molecule has 0 aliphatic heterocycles. The van der Waals surface area contributed by atoms with Crippen LogP contribution in [0.25, 0.3) is 0 Å². The second-order valence-electron chi connectivity index (χ2n) is 6.51. The average Bonchev–Trinajstić information content (AvgIpc) is 2.87. The van der Waals surface area contributed by atoms with Crippen molar-refractivity contribution in [2.45, 2.75) is 83.4 Å². The summed E-state index contributed by atoms with van der Waals surface area (Å²) in [6, 6.07) is 0.225. The number of rotatable bonds is 6. The van der Waals surface area contributed by atoms with Gasteiger partial charge < -0.3 is 15.8 Å². The number of carbonyl (C=O) groups is 1. The summed E-state index contributed by atoms with van der Waals surface area (Å²) in [7, 11) is 0. The van der Waals surface area contributed by atoms with E-state index in [1.807, 2.05) is 6.92 Å². The minimum atomic E-state index is -0.621. The number of nitrogens with one attached hydrogen (secondary N) is 1. The Balaban J connectivity index is 0.00000220. The second kappa shape index (κ2) is 7.30. The van der Waals surface area contributed by atoms with Crippen LogP contribution in [0.3, 0.4) is 0 Å². The molecular formula is C16H31ClN2O2. The van der Waals surface area contributed by atoms with Gasteiger partial charge in [0.15, 0.2) is 0 Å². The normalized spacial score (nSPS) is 29.3. The van der Waals surface area contributed by atoms with Gasteiger partial charge >= 0.3 is 0 Å². The Morgan fingerprint density at radius 1 is 1.24 bits per heavy atom. The molecule has 1 amide bonds.